The molecule has 0 spiro atoms. The summed E-state index contributed by atoms with van der Waals surface area (Å²) in [5, 5.41) is 7.58. The largest absolute Gasteiger partial charge is 0.344 e. The molecule has 2 aromatic rings. The van der Waals surface area contributed by atoms with E-state index in [0.29, 0.717) is 11.6 Å². The van der Waals surface area contributed by atoms with Gasteiger partial charge in [-0.15, -0.1) is 0 Å². The second-order valence-corrected chi connectivity index (χ2v) is 8.38. The van der Waals surface area contributed by atoms with E-state index in [9.17, 15) is 28.0 Å². The minimum Gasteiger partial charge on any atom is -0.344 e. The zero-order chi connectivity index (χ0) is 25.2. The van der Waals surface area contributed by atoms with Crippen molar-refractivity contribution >= 4 is 23.6 Å². The Balaban J connectivity index is 1.77. The van der Waals surface area contributed by atoms with Gasteiger partial charge in [-0.2, -0.15) is 0 Å². The first kappa shape index (κ1) is 24.8. The number of nitrogens with zero attached hydrogens (tertiary/aromatic N) is 2. The van der Waals surface area contributed by atoms with E-state index in [4.69, 9.17) is 0 Å². The van der Waals surface area contributed by atoms with Crippen molar-refractivity contribution in [2.45, 2.75) is 45.3 Å². The molecule has 1 aliphatic heterocycles. The Morgan fingerprint density at radius 2 is 1.65 bits per heavy atom. The Kier molecular flexibility index (Phi) is 7.29. The molecule has 0 unspecified atom stereocenters. The number of nitrogens with one attached hydrogen (secondary N) is 2. The fraction of sp³-hybridized carbons (Fsp3) is 0.333. The summed E-state index contributed by atoms with van der Waals surface area (Å²) in [4.78, 5) is 51.5. The molecule has 0 saturated heterocycles. The second-order valence-electron chi connectivity index (χ2n) is 8.38. The molecule has 2 atom stereocenters. The molecule has 0 aliphatic carbocycles. The molecule has 0 bridgehead atoms. The van der Waals surface area contributed by atoms with E-state index < -0.39 is 41.4 Å². The van der Waals surface area contributed by atoms with E-state index in [1.807, 2.05) is 0 Å². The topological polar surface area (TPSA) is 98.8 Å². The van der Waals surface area contributed by atoms with E-state index in [0.717, 1.165) is 12.1 Å². The first-order valence-corrected chi connectivity index (χ1v) is 10.7. The summed E-state index contributed by atoms with van der Waals surface area (Å²) in [5.74, 6) is -3.80. The number of carbonyl (C=O) groups is 4. The number of hydrogen-bond donors (Lipinski definition) is 2. The average Bonchev–Trinajstić information content (AvgIpc) is 2.82. The van der Waals surface area contributed by atoms with Crippen molar-refractivity contribution in [3.05, 3.63) is 70.8 Å². The molecule has 0 saturated carbocycles. The molecule has 2 aromatic carbocycles. The van der Waals surface area contributed by atoms with Gasteiger partial charge < -0.3 is 10.6 Å². The number of hydrazine groups is 1. The summed E-state index contributed by atoms with van der Waals surface area (Å²) >= 11 is 0. The minimum atomic E-state index is -1.15. The van der Waals surface area contributed by atoms with Crippen molar-refractivity contribution in [3.63, 3.8) is 0 Å². The van der Waals surface area contributed by atoms with Crippen LogP contribution in [0.2, 0.25) is 0 Å². The number of amides is 4. The SMILES string of the molecule is CC(C)N1C(=O)c2ccccc2[C@H](NC(=O)[C@H](C)NC(=O)Cc2cc(F)cc(F)c2)C(=O)N1C. The van der Waals surface area contributed by atoms with Crippen LogP contribution in [0.5, 0.6) is 0 Å². The molecule has 8 nitrogen and oxygen atoms in total. The molecule has 34 heavy (non-hydrogen) atoms. The molecule has 1 heterocycles. The standard InChI is InChI=1S/C24H26F2N4O4/c1-13(2)30-23(33)19-8-6-5-7-18(19)21(24(34)29(30)4)28-22(32)14(3)27-20(31)11-15-9-16(25)12-17(26)10-15/h5-10,12-14,21H,11H2,1-4H3,(H,27,31)(H,28,32)/t14-,21-/m0/s1. The second kappa shape index (κ2) is 9.98. The highest BCUT2D eigenvalue weighted by Crippen LogP contribution is 2.27. The van der Waals surface area contributed by atoms with Gasteiger partial charge in [-0.3, -0.25) is 24.2 Å². The third-order valence-electron chi connectivity index (χ3n) is 5.43. The zero-order valence-electron chi connectivity index (χ0n) is 19.3. The van der Waals surface area contributed by atoms with E-state index in [1.54, 1.807) is 38.1 Å². The fourth-order valence-corrected chi connectivity index (χ4v) is 3.87. The van der Waals surface area contributed by atoms with Crippen molar-refractivity contribution in [2.24, 2.45) is 0 Å². The maximum absolute atomic E-state index is 13.4. The Labute approximate surface area is 195 Å². The molecular weight excluding hydrogens is 446 g/mol. The van der Waals surface area contributed by atoms with Gasteiger partial charge in [0, 0.05) is 24.7 Å². The Morgan fingerprint density at radius 1 is 1.03 bits per heavy atom. The molecule has 3 rings (SSSR count). The van der Waals surface area contributed by atoms with Crippen LogP contribution in [0, 0.1) is 11.6 Å². The minimum absolute atomic E-state index is 0.115. The first-order chi connectivity index (χ1) is 16.0. The lowest BCUT2D eigenvalue weighted by Gasteiger charge is -2.34. The van der Waals surface area contributed by atoms with Gasteiger partial charge in [-0.25, -0.2) is 13.8 Å². The van der Waals surface area contributed by atoms with Gasteiger partial charge in [0.15, 0.2) is 0 Å². The molecular formula is C24H26F2N4O4. The van der Waals surface area contributed by atoms with Crippen LogP contribution in [0.15, 0.2) is 42.5 Å². The molecule has 0 fully saturated rings. The lowest BCUT2D eigenvalue weighted by atomic mass is 9.99. The summed E-state index contributed by atoms with van der Waals surface area (Å²) < 4.78 is 26.7. The van der Waals surface area contributed by atoms with Crippen LogP contribution < -0.4 is 10.6 Å². The molecule has 1 aliphatic rings. The number of hydrogen-bond acceptors (Lipinski definition) is 4. The number of rotatable bonds is 6. The van der Waals surface area contributed by atoms with Gasteiger partial charge in [0.2, 0.25) is 11.8 Å². The van der Waals surface area contributed by atoms with Crippen molar-refractivity contribution in [2.75, 3.05) is 7.05 Å². The van der Waals surface area contributed by atoms with Crippen LogP contribution in [0.3, 0.4) is 0 Å². The molecule has 10 heteroatoms. The van der Waals surface area contributed by atoms with Gasteiger partial charge in [0.05, 0.1) is 6.42 Å². The van der Waals surface area contributed by atoms with Crippen LogP contribution >= 0.6 is 0 Å². The summed E-state index contributed by atoms with van der Waals surface area (Å²) in [6.45, 7) is 4.96. The van der Waals surface area contributed by atoms with Crippen LogP contribution in [-0.2, 0) is 20.8 Å². The maximum atomic E-state index is 13.4. The average molecular weight is 472 g/mol. The van der Waals surface area contributed by atoms with E-state index in [2.05, 4.69) is 10.6 Å². The Hall–Kier alpha value is -3.82. The number of likely N-dealkylation sites (N-methyl/N-ethyl adjacent to an activating group) is 1. The van der Waals surface area contributed by atoms with E-state index in [-0.39, 0.29) is 29.5 Å². The maximum Gasteiger partial charge on any atom is 0.273 e. The molecule has 0 aromatic heterocycles. The number of fused-ring (bicyclic) bond motifs is 1. The number of halogens is 2. The third kappa shape index (κ3) is 5.22. The predicted octanol–water partition coefficient (Wildman–Crippen LogP) is 2.11. The van der Waals surface area contributed by atoms with Crippen molar-refractivity contribution in [1.82, 2.24) is 20.7 Å². The van der Waals surface area contributed by atoms with Crippen LogP contribution in [0.25, 0.3) is 0 Å². The number of carbonyl (C=O) groups excluding carboxylic acids is 4. The van der Waals surface area contributed by atoms with Gasteiger partial charge in [0.1, 0.15) is 23.7 Å². The van der Waals surface area contributed by atoms with Crippen molar-refractivity contribution in [1.29, 1.82) is 0 Å². The molecule has 2 N–H and O–H groups in total. The Bertz CT molecular complexity index is 1120. The fourth-order valence-electron chi connectivity index (χ4n) is 3.87. The Morgan fingerprint density at radius 3 is 2.26 bits per heavy atom. The van der Waals surface area contributed by atoms with Gasteiger partial charge in [-0.05, 0) is 50.1 Å². The van der Waals surface area contributed by atoms with Gasteiger partial charge in [0.25, 0.3) is 11.8 Å². The van der Waals surface area contributed by atoms with Crippen LogP contribution in [0.1, 0.15) is 48.3 Å². The van der Waals surface area contributed by atoms with E-state index >= 15 is 0 Å². The highest BCUT2D eigenvalue weighted by Gasteiger charge is 2.39. The first-order valence-electron chi connectivity index (χ1n) is 10.7. The molecule has 4 amide bonds. The quantitative estimate of drug-likeness (QED) is 0.673. The normalized spacial score (nSPS) is 16.7. The van der Waals surface area contributed by atoms with Crippen LogP contribution in [0.4, 0.5) is 8.78 Å². The highest BCUT2D eigenvalue weighted by atomic mass is 19.1. The van der Waals surface area contributed by atoms with Gasteiger partial charge in [-0.1, -0.05) is 18.2 Å². The van der Waals surface area contributed by atoms with E-state index in [1.165, 1.54) is 24.0 Å². The summed E-state index contributed by atoms with van der Waals surface area (Å²) in [7, 11) is 1.45. The predicted molar refractivity (Wildman–Crippen MR) is 119 cm³/mol. The monoisotopic (exact) mass is 472 g/mol. The van der Waals surface area contributed by atoms with Crippen LogP contribution in [-0.4, -0.2) is 52.8 Å². The highest BCUT2D eigenvalue weighted by molar-refractivity contribution is 6.02. The summed E-state index contributed by atoms with van der Waals surface area (Å²) in [6.07, 6.45) is -0.335. The molecule has 180 valence electrons. The zero-order valence-corrected chi connectivity index (χ0v) is 19.3. The van der Waals surface area contributed by atoms with Gasteiger partial charge >= 0.3 is 0 Å². The van der Waals surface area contributed by atoms with Crippen molar-refractivity contribution < 1.29 is 28.0 Å². The number of benzene rings is 2. The molecule has 0 radical (unpaired) electrons. The summed E-state index contributed by atoms with van der Waals surface area (Å²) in [6, 6.07) is 6.74. The summed E-state index contributed by atoms with van der Waals surface area (Å²) in [5.41, 5.74) is 0.739. The smallest absolute Gasteiger partial charge is 0.273 e. The third-order valence-corrected chi connectivity index (χ3v) is 5.43. The lowest BCUT2D eigenvalue weighted by Crippen LogP contribution is -2.53. The lowest BCUT2D eigenvalue weighted by molar-refractivity contribution is -0.147. The van der Waals surface area contributed by atoms with Crippen molar-refractivity contribution in [3.8, 4) is 0 Å².